The predicted octanol–water partition coefficient (Wildman–Crippen LogP) is 5.64. The second-order valence-corrected chi connectivity index (χ2v) is 8.10. The molecule has 3 nitrogen and oxygen atoms in total. The van der Waals surface area contributed by atoms with Crippen molar-refractivity contribution in [3.05, 3.63) is 58.7 Å². The standard InChI is InChI=1S/C22H23NO2S.C2H6/c1-4-25-21(24)17-9-7-16(14-19(17)23)6-5-15-8-10-20-18(13-15)22(2,3)11-12-26-20;1-2/h7-10,13-14H,4,11-12,23H2,1-3H3;1-2H3. The van der Waals surface area contributed by atoms with Gasteiger partial charge in [0.1, 0.15) is 0 Å². The van der Waals surface area contributed by atoms with Crippen molar-refractivity contribution in [1.82, 2.24) is 0 Å². The topological polar surface area (TPSA) is 52.3 Å². The molecule has 0 fully saturated rings. The van der Waals surface area contributed by atoms with Crippen molar-refractivity contribution in [1.29, 1.82) is 0 Å². The van der Waals surface area contributed by atoms with Crippen LogP contribution in [0.2, 0.25) is 0 Å². The highest BCUT2D eigenvalue weighted by Crippen LogP contribution is 2.41. The second-order valence-electron chi connectivity index (χ2n) is 6.97. The molecule has 28 heavy (non-hydrogen) atoms. The van der Waals surface area contributed by atoms with Crippen LogP contribution in [0.25, 0.3) is 0 Å². The number of ether oxygens (including phenoxy) is 1. The minimum Gasteiger partial charge on any atom is -0.462 e. The number of rotatable bonds is 2. The Morgan fingerprint density at radius 3 is 2.43 bits per heavy atom. The summed E-state index contributed by atoms with van der Waals surface area (Å²) >= 11 is 1.92. The van der Waals surface area contributed by atoms with E-state index in [2.05, 4.69) is 43.9 Å². The molecule has 0 aromatic heterocycles. The molecule has 148 valence electrons. The molecule has 1 aliphatic rings. The van der Waals surface area contributed by atoms with Crippen molar-refractivity contribution in [2.24, 2.45) is 0 Å². The van der Waals surface area contributed by atoms with E-state index in [1.54, 1.807) is 25.1 Å². The van der Waals surface area contributed by atoms with Gasteiger partial charge in [0.2, 0.25) is 0 Å². The fourth-order valence-corrected chi connectivity index (χ4v) is 4.48. The predicted molar refractivity (Wildman–Crippen MR) is 119 cm³/mol. The maximum absolute atomic E-state index is 11.8. The molecule has 3 rings (SSSR count). The number of anilines is 1. The molecule has 1 aliphatic heterocycles. The molecule has 0 aliphatic carbocycles. The lowest BCUT2D eigenvalue weighted by molar-refractivity contribution is 0.0527. The van der Waals surface area contributed by atoms with Crippen LogP contribution in [0.1, 0.15) is 68.1 Å². The summed E-state index contributed by atoms with van der Waals surface area (Å²) in [7, 11) is 0. The summed E-state index contributed by atoms with van der Waals surface area (Å²) < 4.78 is 4.99. The summed E-state index contributed by atoms with van der Waals surface area (Å²) in [6.45, 7) is 10.7. The number of fused-ring (bicyclic) bond motifs is 1. The number of hydrogen-bond donors (Lipinski definition) is 1. The zero-order valence-electron chi connectivity index (χ0n) is 17.4. The largest absolute Gasteiger partial charge is 0.462 e. The quantitative estimate of drug-likeness (QED) is 0.406. The fraction of sp³-hybridized carbons (Fsp3) is 0.375. The maximum atomic E-state index is 11.8. The van der Waals surface area contributed by atoms with Gasteiger partial charge in [0.15, 0.2) is 0 Å². The third-order valence-corrected chi connectivity index (χ3v) is 5.67. The first kappa shape index (κ1) is 21.9. The second kappa shape index (κ2) is 9.71. The van der Waals surface area contributed by atoms with Crippen molar-refractivity contribution in [2.75, 3.05) is 18.1 Å². The van der Waals surface area contributed by atoms with Crippen molar-refractivity contribution in [2.45, 2.75) is 51.3 Å². The van der Waals surface area contributed by atoms with E-state index in [0.717, 1.165) is 16.9 Å². The first-order chi connectivity index (χ1) is 13.4. The van der Waals surface area contributed by atoms with Gasteiger partial charge in [-0.05, 0) is 66.5 Å². The highest BCUT2D eigenvalue weighted by molar-refractivity contribution is 7.99. The van der Waals surface area contributed by atoms with Crippen LogP contribution in [-0.4, -0.2) is 18.3 Å². The first-order valence-corrected chi connectivity index (χ1v) is 10.8. The van der Waals surface area contributed by atoms with Gasteiger partial charge in [-0.2, -0.15) is 0 Å². The van der Waals surface area contributed by atoms with Crippen LogP contribution >= 0.6 is 11.8 Å². The summed E-state index contributed by atoms with van der Waals surface area (Å²) in [5.41, 5.74) is 10.1. The summed E-state index contributed by atoms with van der Waals surface area (Å²) in [6, 6.07) is 11.6. The smallest absolute Gasteiger partial charge is 0.340 e. The van der Waals surface area contributed by atoms with E-state index in [0.29, 0.717) is 17.9 Å². The van der Waals surface area contributed by atoms with E-state index < -0.39 is 5.97 Å². The van der Waals surface area contributed by atoms with Gasteiger partial charge >= 0.3 is 5.97 Å². The Morgan fingerprint density at radius 2 is 1.79 bits per heavy atom. The van der Waals surface area contributed by atoms with Gasteiger partial charge in [0.25, 0.3) is 0 Å². The van der Waals surface area contributed by atoms with Gasteiger partial charge in [0.05, 0.1) is 12.2 Å². The zero-order chi connectivity index (χ0) is 20.7. The van der Waals surface area contributed by atoms with Gasteiger partial charge in [-0.25, -0.2) is 4.79 Å². The number of carbonyl (C=O) groups is 1. The van der Waals surface area contributed by atoms with Crippen molar-refractivity contribution in [3.63, 3.8) is 0 Å². The lowest BCUT2D eigenvalue weighted by atomic mass is 9.81. The summed E-state index contributed by atoms with van der Waals surface area (Å²) in [5, 5.41) is 0. The van der Waals surface area contributed by atoms with Crippen LogP contribution in [0.3, 0.4) is 0 Å². The minimum absolute atomic E-state index is 0.185. The molecule has 2 aromatic rings. The SMILES string of the molecule is CC.CCOC(=O)c1ccc(C#Cc2ccc3c(c2)C(C)(C)CCS3)cc1N. The number of hydrogen-bond acceptors (Lipinski definition) is 4. The molecule has 0 saturated heterocycles. The Kier molecular flexibility index (Phi) is 7.60. The maximum Gasteiger partial charge on any atom is 0.340 e. The van der Waals surface area contributed by atoms with E-state index in [-0.39, 0.29) is 5.41 Å². The van der Waals surface area contributed by atoms with E-state index >= 15 is 0 Å². The molecule has 0 amide bonds. The Hall–Kier alpha value is -2.38. The summed E-state index contributed by atoms with van der Waals surface area (Å²) in [6.07, 6.45) is 1.17. The highest BCUT2D eigenvalue weighted by Gasteiger charge is 2.27. The van der Waals surface area contributed by atoms with E-state index in [1.165, 1.54) is 16.9 Å². The molecule has 4 heteroatoms. The van der Waals surface area contributed by atoms with E-state index in [4.69, 9.17) is 10.5 Å². The Bertz CT molecular complexity index is 907. The first-order valence-electron chi connectivity index (χ1n) is 9.77. The zero-order valence-corrected chi connectivity index (χ0v) is 18.2. The molecule has 0 unspecified atom stereocenters. The third kappa shape index (κ3) is 5.11. The lowest BCUT2D eigenvalue weighted by Crippen LogP contribution is -2.22. The summed E-state index contributed by atoms with van der Waals surface area (Å²) in [4.78, 5) is 13.2. The van der Waals surface area contributed by atoms with E-state index in [9.17, 15) is 4.79 Å². The number of nitrogens with two attached hydrogens (primary N) is 1. The van der Waals surface area contributed by atoms with Crippen molar-refractivity contribution < 1.29 is 9.53 Å². The van der Waals surface area contributed by atoms with Crippen LogP contribution in [-0.2, 0) is 10.2 Å². The average Bonchev–Trinajstić information content (AvgIpc) is 2.68. The lowest BCUT2D eigenvalue weighted by Gasteiger charge is -2.32. The molecule has 0 spiro atoms. The van der Waals surface area contributed by atoms with Crippen molar-refractivity contribution in [3.8, 4) is 11.8 Å². The number of carbonyl (C=O) groups excluding carboxylic acids is 1. The van der Waals surface area contributed by atoms with Gasteiger partial charge < -0.3 is 10.5 Å². The fourth-order valence-electron chi connectivity index (χ4n) is 2.99. The monoisotopic (exact) mass is 395 g/mol. The van der Waals surface area contributed by atoms with Crippen LogP contribution < -0.4 is 5.73 Å². The molecule has 2 aromatic carbocycles. The molecule has 0 radical (unpaired) electrons. The van der Waals surface area contributed by atoms with Gasteiger partial charge in [-0.3, -0.25) is 0 Å². The number of nitrogen functional groups attached to an aromatic ring is 1. The third-order valence-electron chi connectivity index (χ3n) is 4.59. The number of esters is 1. The average molecular weight is 396 g/mol. The Labute approximate surface area is 173 Å². The van der Waals surface area contributed by atoms with Gasteiger partial charge in [-0.15, -0.1) is 11.8 Å². The van der Waals surface area contributed by atoms with Gasteiger partial charge in [0, 0.05) is 21.7 Å². The van der Waals surface area contributed by atoms with E-state index in [1.807, 2.05) is 25.6 Å². The molecule has 0 bridgehead atoms. The number of benzene rings is 2. The minimum atomic E-state index is -0.404. The molecule has 0 saturated carbocycles. The normalized spacial score (nSPS) is 13.9. The summed E-state index contributed by atoms with van der Waals surface area (Å²) in [5.74, 6) is 7.12. The molecule has 0 atom stereocenters. The highest BCUT2D eigenvalue weighted by atomic mass is 32.2. The molecular weight excluding hydrogens is 366 g/mol. The van der Waals surface area contributed by atoms with Gasteiger partial charge in [-0.1, -0.05) is 39.5 Å². The molecule has 2 N–H and O–H groups in total. The Morgan fingerprint density at radius 1 is 1.14 bits per heavy atom. The van der Waals surface area contributed by atoms with Crippen LogP contribution in [0, 0.1) is 11.8 Å². The van der Waals surface area contributed by atoms with Crippen LogP contribution in [0.4, 0.5) is 5.69 Å². The molecular formula is C24H29NO2S. The molecule has 1 heterocycles. The Balaban J connectivity index is 0.00000136. The number of thioether (sulfide) groups is 1. The van der Waals surface area contributed by atoms with Crippen LogP contribution in [0.15, 0.2) is 41.3 Å². The van der Waals surface area contributed by atoms with Crippen LogP contribution in [0.5, 0.6) is 0 Å². The van der Waals surface area contributed by atoms with Crippen molar-refractivity contribution >= 4 is 23.4 Å².